The van der Waals surface area contributed by atoms with Crippen LogP contribution in [0.15, 0.2) is 48.7 Å². The van der Waals surface area contributed by atoms with Crippen LogP contribution in [0.2, 0.25) is 5.28 Å². The number of carbonyl (C=O) groups is 3. The maximum Gasteiger partial charge on any atom is 0.325 e. The molecule has 3 aromatic rings. The molecule has 0 spiro atoms. The SMILES string of the molecule is CCOC(=O)CN(Cc1ccc2c(c1)OCO2)c1nc(Cl)ncc1CN1C(=O)c2ccccc2C1=O. The smallest absolute Gasteiger partial charge is 0.325 e. The second-order valence-electron chi connectivity index (χ2n) is 8.08. The number of amides is 2. The van der Waals surface area contributed by atoms with Gasteiger partial charge < -0.3 is 19.1 Å². The number of imide groups is 1. The fourth-order valence-corrected chi connectivity index (χ4v) is 4.27. The lowest BCUT2D eigenvalue weighted by molar-refractivity contribution is -0.141. The summed E-state index contributed by atoms with van der Waals surface area (Å²) in [7, 11) is 0. The number of esters is 1. The first-order chi connectivity index (χ1) is 17.4. The van der Waals surface area contributed by atoms with Crippen LogP contribution in [0.5, 0.6) is 11.5 Å². The van der Waals surface area contributed by atoms with Gasteiger partial charge in [-0.2, -0.15) is 0 Å². The molecule has 2 aliphatic rings. The van der Waals surface area contributed by atoms with Crippen LogP contribution in [0.25, 0.3) is 0 Å². The highest BCUT2D eigenvalue weighted by Gasteiger charge is 2.36. The number of rotatable bonds is 8. The summed E-state index contributed by atoms with van der Waals surface area (Å²) in [6.45, 7) is 2.05. The molecule has 0 bridgehead atoms. The molecule has 184 valence electrons. The largest absolute Gasteiger partial charge is 0.465 e. The summed E-state index contributed by atoms with van der Waals surface area (Å²) in [5.41, 5.74) is 1.93. The molecular weight excluding hydrogens is 488 g/mol. The number of aromatic nitrogens is 2. The van der Waals surface area contributed by atoms with Gasteiger partial charge in [0.2, 0.25) is 12.1 Å². The highest BCUT2D eigenvalue weighted by Crippen LogP contribution is 2.34. The van der Waals surface area contributed by atoms with E-state index in [1.807, 2.05) is 12.1 Å². The fraction of sp³-hybridized carbons (Fsp3) is 0.240. The molecule has 0 fully saturated rings. The van der Waals surface area contributed by atoms with E-state index in [0.29, 0.717) is 34.0 Å². The van der Waals surface area contributed by atoms with Crippen molar-refractivity contribution in [2.24, 2.45) is 0 Å². The maximum atomic E-state index is 12.9. The van der Waals surface area contributed by atoms with Gasteiger partial charge in [-0.05, 0) is 48.4 Å². The second-order valence-corrected chi connectivity index (χ2v) is 8.42. The molecule has 1 aromatic heterocycles. The Morgan fingerprint density at radius 1 is 1.11 bits per heavy atom. The van der Waals surface area contributed by atoms with Crippen LogP contribution in [-0.4, -0.2) is 52.6 Å². The summed E-state index contributed by atoms with van der Waals surface area (Å²) in [5, 5.41) is -0.0457. The van der Waals surface area contributed by atoms with Crippen LogP contribution < -0.4 is 14.4 Å². The van der Waals surface area contributed by atoms with E-state index in [-0.39, 0.29) is 38.3 Å². The lowest BCUT2D eigenvalue weighted by Gasteiger charge is -2.26. The van der Waals surface area contributed by atoms with E-state index in [1.165, 1.54) is 6.20 Å². The number of carbonyl (C=O) groups excluding carboxylic acids is 3. The molecule has 5 rings (SSSR count). The van der Waals surface area contributed by atoms with Crippen molar-refractivity contribution in [2.75, 3.05) is 24.8 Å². The molecule has 0 unspecified atom stereocenters. The lowest BCUT2D eigenvalue weighted by Crippen LogP contribution is -2.34. The average molecular weight is 509 g/mol. The molecule has 2 aliphatic heterocycles. The molecule has 0 saturated carbocycles. The molecule has 36 heavy (non-hydrogen) atoms. The number of benzene rings is 2. The standard InChI is InChI=1S/C25H21ClN4O6/c1-2-34-21(31)13-29(11-15-7-8-19-20(9-15)36-14-35-19)22-16(10-27-25(26)28-22)12-30-23(32)17-5-3-4-6-18(17)24(30)33/h3-10H,2,11-14H2,1H3. The predicted octanol–water partition coefficient (Wildman–Crippen LogP) is 3.22. The van der Waals surface area contributed by atoms with Crippen molar-refractivity contribution in [3.63, 3.8) is 0 Å². The van der Waals surface area contributed by atoms with E-state index in [2.05, 4.69) is 9.97 Å². The number of hydrogen-bond acceptors (Lipinski definition) is 9. The van der Waals surface area contributed by atoms with E-state index in [4.69, 9.17) is 25.8 Å². The zero-order valence-electron chi connectivity index (χ0n) is 19.3. The Morgan fingerprint density at radius 2 is 1.83 bits per heavy atom. The second kappa shape index (κ2) is 9.82. The Kier molecular flexibility index (Phi) is 6.43. The van der Waals surface area contributed by atoms with Gasteiger partial charge in [0.25, 0.3) is 11.8 Å². The first kappa shape index (κ1) is 23.6. The van der Waals surface area contributed by atoms with Crippen LogP contribution in [-0.2, 0) is 22.6 Å². The zero-order valence-corrected chi connectivity index (χ0v) is 20.0. The van der Waals surface area contributed by atoms with Crippen molar-refractivity contribution in [3.8, 4) is 11.5 Å². The average Bonchev–Trinajstić information content (AvgIpc) is 3.43. The van der Waals surface area contributed by atoms with E-state index in [9.17, 15) is 14.4 Å². The van der Waals surface area contributed by atoms with Gasteiger partial charge in [0.05, 0.1) is 24.3 Å². The highest BCUT2D eigenvalue weighted by molar-refractivity contribution is 6.28. The normalized spacial score (nSPS) is 13.7. The van der Waals surface area contributed by atoms with Crippen molar-refractivity contribution >= 4 is 35.2 Å². The Balaban J connectivity index is 1.48. The van der Waals surface area contributed by atoms with Gasteiger partial charge in [0, 0.05) is 18.3 Å². The van der Waals surface area contributed by atoms with Gasteiger partial charge in [-0.15, -0.1) is 0 Å². The molecule has 2 aromatic carbocycles. The summed E-state index contributed by atoms with van der Waals surface area (Å²) in [4.78, 5) is 49.6. The minimum Gasteiger partial charge on any atom is -0.465 e. The summed E-state index contributed by atoms with van der Waals surface area (Å²) in [5.74, 6) is 0.230. The van der Waals surface area contributed by atoms with Crippen LogP contribution >= 0.6 is 11.6 Å². The number of nitrogens with zero attached hydrogens (tertiary/aromatic N) is 4. The third kappa shape index (κ3) is 4.55. The van der Waals surface area contributed by atoms with Crippen LogP contribution in [0.4, 0.5) is 5.82 Å². The zero-order chi connectivity index (χ0) is 25.2. The quantitative estimate of drug-likeness (QED) is 0.257. The van der Waals surface area contributed by atoms with E-state index >= 15 is 0 Å². The monoisotopic (exact) mass is 508 g/mol. The topological polar surface area (TPSA) is 111 Å². The van der Waals surface area contributed by atoms with Gasteiger partial charge in [-0.1, -0.05) is 18.2 Å². The van der Waals surface area contributed by atoms with Crippen molar-refractivity contribution in [2.45, 2.75) is 20.0 Å². The summed E-state index contributed by atoms with van der Waals surface area (Å²) >= 11 is 6.14. The van der Waals surface area contributed by atoms with Gasteiger partial charge in [-0.3, -0.25) is 19.3 Å². The van der Waals surface area contributed by atoms with Gasteiger partial charge in [-0.25, -0.2) is 9.97 Å². The van der Waals surface area contributed by atoms with Crippen LogP contribution in [0, 0.1) is 0 Å². The van der Waals surface area contributed by atoms with Crippen LogP contribution in [0.3, 0.4) is 0 Å². The van der Waals surface area contributed by atoms with Crippen LogP contribution in [0.1, 0.15) is 38.8 Å². The van der Waals surface area contributed by atoms with E-state index in [0.717, 1.165) is 10.5 Å². The van der Waals surface area contributed by atoms with Gasteiger partial charge in [0.15, 0.2) is 11.5 Å². The third-order valence-electron chi connectivity index (χ3n) is 5.75. The maximum absolute atomic E-state index is 12.9. The van der Waals surface area contributed by atoms with Gasteiger partial charge in [0.1, 0.15) is 12.4 Å². The van der Waals surface area contributed by atoms with Crippen molar-refractivity contribution < 1.29 is 28.6 Å². The van der Waals surface area contributed by atoms with E-state index in [1.54, 1.807) is 42.2 Å². The molecule has 0 aliphatic carbocycles. The summed E-state index contributed by atoms with van der Waals surface area (Å²) in [6.07, 6.45) is 1.45. The molecule has 3 heterocycles. The molecule has 11 heteroatoms. The number of ether oxygens (including phenoxy) is 3. The Labute approximate surface area is 211 Å². The molecule has 0 saturated heterocycles. The fourth-order valence-electron chi connectivity index (χ4n) is 4.14. The number of anilines is 1. The Hall–Kier alpha value is -4.18. The first-order valence-electron chi connectivity index (χ1n) is 11.2. The molecule has 0 N–H and O–H groups in total. The first-order valence-corrected chi connectivity index (χ1v) is 11.6. The number of halogens is 1. The van der Waals surface area contributed by atoms with Gasteiger partial charge >= 0.3 is 5.97 Å². The third-order valence-corrected chi connectivity index (χ3v) is 5.94. The lowest BCUT2D eigenvalue weighted by atomic mass is 10.1. The highest BCUT2D eigenvalue weighted by atomic mass is 35.5. The molecule has 0 atom stereocenters. The minimum atomic E-state index is -0.473. The minimum absolute atomic E-state index is 0.0457. The molecule has 2 amide bonds. The summed E-state index contributed by atoms with van der Waals surface area (Å²) in [6, 6.07) is 12.1. The molecule has 0 radical (unpaired) electrons. The summed E-state index contributed by atoms with van der Waals surface area (Å²) < 4.78 is 16.0. The van der Waals surface area contributed by atoms with Crippen molar-refractivity contribution in [3.05, 3.63) is 76.2 Å². The van der Waals surface area contributed by atoms with Crippen molar-refractivity contribution in [1.29, 1.82) is 0 Å². The Bertz CT molecular complexity index is 1330. The molecular formula is C25H21ClN4O6. The van der Waals surface area contributed by atoms with E-state index < -0.39 is 17.8 Å². The number of hydrogen-bond donors (Lipinski definition) is 0. The predicted molar refractivity (Wildman–Crippen MR) is 128 cm³/mol. The number of fused-ring (bicyclic) bond motifs is 2. The van der Waals surface area contributed by atoms with Crippen molar-refractivity contribution in [1.82, 2.24) is 14.9 Å². The molecule has 10 nitrogen and oxygen atoms in total. The Morgan fingerprint density at radius 3 is 2.56 bits per heavy atom.